The Morgan fingerprint density at radius 1 is 1.11 bits per heavy atom. The standard InChI is InChI=1S/C26H32N8O2/c1-5-18(2)33-17-22-23(25(33)36)28-26(32-13-11-31(12-14-32)19(3)35)29-24(22)30(4)21-15-27-34(16-21)20-9-7-6-8-10-20/h6-10,15-16,18H,5,11-14,17H2,1-4H3. The van der Waals surface area contributed by atoms with E-state index in [1.807, 2.05) is 63.0 Å². The van der Waals surface area contributed by atoms with Crippen molar-refractivity contribution < 1.29 is 9.59 Å². The normalized spacial score (nSPS) is 16.3. The Labute approximate surface area is 211 Å². The van der Waals surface area contributed by atoms with Crippen molar-refractivity contribution in [1.29, 1.82) is 0 Å². The Kier molecular flexibility index (Phi) is 6.34. The van der Waals surface area contributed by atoms with Crippen LogP contribution in [0.4, 0.5) is 17.5 Å². The SMILES string of the molecule is CCC(C)N1Cc2c(nc(N3CCN(C(C)=O)CC3)nc2N(C)c2cnn(-c3ccccc3)c2)C1=O. The van der Waals surface area contributed by atoms with Crippen molar-refractivity contribution in [3.05, 3.63) is 54.0 Å². The maximum absolute atomic E-state index is 13.4. The number of carbonyl (C=O) groups is 2. The number of carbonyl (C=O) groups excluding carboxylic acids is 2. The second-order valence-electron chi connectivity index (χ2n) is 9.40. The van der Waals surface area contributed by atoms with Gasteiger partial charge in [0, 0.05) is 51.8 Å². The van der Waals surface area contributed by atoms with Gasteiger partial charge in [-0.1, -0.05) is 25.1 Å². The van der Waals surface area contributed by atoms with Gasteiger partial charge in [-0.05, 0) is 25.5 Å². The summed E-state index contributed by atoms with van der Waals surface area (Å²) in [7, 11) is 1.95. The van der Waals surface area contributed by atoms with Crippen molar-refractivity contribution in [1.82, 2.24) is 29.5 Å². The fourth-order valence-corrected chi connectivity index (χ4v) is 4.71. The van der Waals surface area contributed by atoms with Crippen molar-refractivity contribution in [2.45, 2.75) is 39.8 Å². The Bertz CT molecular complexity index is 1270. The highest BCUT2D eigenvalue weighted by Gasteiger charge is 2.37. The molecule has 0 aliphatic carbocycles. The van der Waals surface area contributed by atoms with Crippen molar-refractivity contribution in [2.75, 3.05) is 43.0 Å². The molecule has 2 aliphatic heterocycles. The fraction of sp³-hybridized carbons (Fsp3) is 0.423. The van der Waals surface area contributed by atoms with E-state index in [-0.39, 0.29) is 17.9 Å². The molecule has 0 saturated carbocycles. The Balaban J connectivity index is 1.52. The zero-order valence-electron chi connectivity index (χ0n) is 21.3. The molecule has 2 aromatic heterocycles. The van der Waals surface area contributed by atoms with Gasteiger partial charge in [0.15, 0.2) is 0 Å². The Morgan fingerprint density at radius 3 is 2.50 bits per heavy atom. The van der Waals surface area contributed by atoms with Crippen molar-refractivity contribution in [2.24, 2.45) is 0 Å². The minimum atomic E-state index is -0.0556. The molecule has 4 heterocycles. The van der Waals surface area contributed by atoms with Crippen molar-refractivity contribution in [3.8, 4) is 5.69 Å². The van der Waals surface area contributed by atoms with Crippen LogP contribution in [-0.4, -0.2) is 80.6 Å². The van der Waals surface area contributed by atoms with Gasteiger partial charge in [-0.2, -0.15) is 10.1 Å². The third kappa shape index (κ3) is 4.27. The van der Waals surface area contributed by atoms with Crippen LogP contribution in [0.25, 0.3) is 5.69 Å². The van der Waals surface area contributed by atoms with E-state index < -0.39 is 0 Å². The molecule has 5 rings (SSSR count). The largest absolute Gasteiger partial charge is 0.339 e. The summed E-state index contributed by atoms with van der Waals surface area (Å²) < 4.78 is 1.83. The molecule has 1 unspecified atom stereocenters. The minimum absolute atomic E-state index is 0.0556. The van der Waals surface area contributed by atoms with Crippen LogP contribution in [0.2, 0.25) is 0 Å². The maximum Gasteiger partial charge on any atom is 0.273 e. The highest BCUT2D eigenvalue weighted by molar-refractivity contribution is 5.98. The molecule has 1 aromatic carbocycles. The van der Waals surface area contributed by atoms with E-state index in [0.717, 1.165) is 23.4 Å². The lowest BCUT2D eigenvalue weighted by Crippen LogP contribution is -2.48. The molecule has 2 aliphatic rings. The van der Waals surface area contributed by atoms with E-state index in [1.165, 1.54) is 0 Å². The second kappa shape index (κ2) is 9.60. The number of fused-ring (bicyclic) bond motifs is 1. The Hall–Kier alpha value is -3.95. The predicted molar refractivity (Wildman–Crippen MR) is 138 cm³/mol. The predicted octanol–water partition coefficient (Wildman–Crippen LogP) is 2.85. The van der Waals surface area contributed by atoms with Gasteiger partial charge in [0.1, 0.15) is 11.5 Å². The zero-order chi connectivity index (χ0) is 25.4. The summed E-state index contributed by atoms with van der Waals surface area (Å²) in [5.41, 5.74) is 3.13. The lowest BCUT2D eigenvalue weighted by atomic mass is 10.2. The number of amides is 2. The molecule has 1 atom stereocenters. The lowest BCUT2D eigenvalue weighted by molar-refractivity contribution is -0.129. The lowest BCUT2D eigenvalue weighted by Gasteiger charge is -2.34. The third-order valence-corrected chi connectivity index (χ3v) is 7.19. The molecule has 1 fully saturated rings. The molecule has 3 aromatic rings. The maximum atomic E-state index is 13.4. The second-order valence-corrected chi connectivity index (χ2v) is 9.40. The van der Waals surface area contributed by atoms with Crippen LogP contribution in [0, 0.1) is 0 Å². The smallest absolute Gasteiger partial charge is 0.273 e. The van der Waals surface area contributed by atoms with E-state index in [0.29, 0.717) is 50.2 Å². The van der Waals surface area contributed by atoms with E-state index in [9.17, 15) is 9.59 Å². The van der Waals surface area contributed by atoms with Crippen LogP contribution in [0.5, 0.6) is 0 Å². The molecular formula is C26H32N8O2. The summed E-state index contributed by atoms with van der Waals surface area (Å²) in [5.74, 6) is 1.24. The molecule has 10 nitrogen and oxygen atoms in total. The molecule has 0 bridgehead atoms. The van der Waals surface area contributed by atoms with Crippen LogP contribution in [0.1, 0.15) is 43.2 Å². The van der Waals surface area contributed by atoms with Crippen LogP contribution in [0.15, 0.2) is 42.7 Å². The van der Waals surface area contributed by atoms with Gasteiger partial charge in [0.2, 0.25) is 11.9 Å². The first-order valence-corrected chi connectivity index (χ1v) is 12.4. The van der Waals surface area contributed by atoms with Gasteiger partial charge in [0.05, 0.1) is 30.3 Å². The number of benzene rings is 1. The van der Waals surface area contributed by atoms with Gasteiger partial charge >= 0.3 is 0 Å². The summed E-state index contributed by atoms with van der Waals surface area (Å²) in [5, 5.41) is 4.54. The van der Waals surface area contributed by atoms with Gasteiger partial charge in [-0.3, -0.25) is 9.59 Å². The number of hydrogen-bond acceptors (Lipinski definition) is 7. The third-order valence-electron chi connectivity index (χ3n) is 7.19. The molecule has 36 heavy (non-hydrogen) atoms. The first-order chi connectivity index (χ1) is 17.4. The van der Waals surface area contributed by atoms with Crippen molar-refractivity contribution >= 4 is 29.3 Å². The number of piperazine rings is 1. The van der Waals surface area contributed by atoms with Gasteiger partial charge in [-0.15, -0.1) is 0 Å². The summed E-state index contributed by atoms with van der Waals surface area (Å²) >= 11 is 0. The van der Waals surface area contributed by atoms with E-state index in [1.54, 1.807) is 13.1 Å². The summed E-state index contributed by atoms with van der Waals surface area (Å²) in [6, 6.07) is 10.0. The molecule has 2 amide bonds. The summed E-state index contributed by atoms with van der Waals surface area (Å²) in [4.78, 5) is 42.7. The first kappa shape index (κ1) is 23.8. The monoisotopic (exact) mass is 488 g/mol. The summed E-state index contributed by atoms with van der Waals surface area (Å²) in [6.45, 7) is 8.67. The molecule has 10 heteroatoms. The van der Waals surface area contributed by atoms with E-state index in [2.05, 4.69) is 23.8 Å². The molecule has 0 radical (unpaired) electrons. The number of nitrogens with zero attached hydrogens (tertiary/aromatic N) is 8. The first-order valence-electron chi connectivity index (χ1n) is 12.4. The molecule has 1 saturated heterocycles. The van der Waals surface area contributed by atoms with E-state index >= 15 is 0 Å². The minimum Gasteiger partial charge on any atom is -0.339 e. The molecule has 0 spiro atoms. The van der Waals surface area contributed by atoms with E-state index in [4.69, 9.17) is 9.97 Å². The average molecular weight is 489 g/mol. The number of aromatic nitrogens is 4. The van der Waals surface area contributed by atoms with Crippen LogP contribution >= 0.6 is 0 Å². The summed E-state index contributed by atoms with van der Waals surface area (Å²) in [6.07, 6.45) is 4.62. The molecular weight excluding hydrogens is 456 g/mol. The topological polar surface area (TPSA) is 90.7 Å². The van der Waals surface area contributed by atoms with Crippen LogP contribution < -0.4 is 9.80 Å². The van der Waals surface area contributed by atoms with Crippen molar-refractivity contribution in [3.63, 3.8) is 0 Å². The van der Waals surface area contributed by atoms with Crippen LogP contribution in [-0.2, 0) is 11.3 Å². The number of hydrogen-bond donors (Lipinski definition) is 0. The average Bonchev–Trinajstić information content (AvgIpc) is 3.53. The number of rotatable bonds is 6. The van der Waals surface area contributed by atoms with Gasteiger partial charge in [-0.25, -0.2) is 9.67 Å². The zero-order valence-corrected chi connectivity index (χ0v) is 21.3. The molecule has 188 valence electrons. The Morgan fingerprint density at radius 2 is 1.83 bits per heavy atom. The number of anilines is 3. The van der Waals surface area contributed by atoms with Gasteiger partial charge < -0.3 is 19.6 Å². The quantitative estimate of drug-likeness (QED) is 0.527. The number of para-hydroxylation sites is 1. The highest BCUT2D eigenvalue weighted by Crippen LogP contribution is 2.35. The fourth-order valence-electron chi connectivity index (χ4n) is 4.71. The van der Waals surface area contributed by atoms with Gasteiger partial charge in [0.25, 0.3) is 5.91 Å². The van der Waals surface area contributed by atoms with Crippen LogP contribution in [0.3, 0.4) is 0 Å². The molecule has 0 N–H and O–H groups in total. The highest BCUT2D eigenvalue weighted by atomic mass is 16.2.